The zero-order valence-corrected chi connectivity index (χ0v) is 33.2. The Morgan fingerprint density at radius 2 is 1.79 bits per heavy atom. The number of nitriles is 1. The summed E-state index contributed by atoms with van der Waals surface area (Å²) in [6.07, 6.45) is 7.26. The number of carboxylic acids is 1. The van der Waals surface area contributed by atoms with E-state index in [-0.39, 0.29) is 18.6 Å². The third-order valence-electron chi connectivity index (χ3n) is 10.6. The van der Waals surface area contributed by atoms with Crippen molar-refractivity contribution in [2.45, 2.75) is 64.0 Å². The van der Waals surface area contributed by atoms with Crippen molar-refractivity contribution in [1.29, 1.82) is 10.7 Å². The van der Waals surface area contributed by atoms with Gasteiger partial charge in [0.25, 0.3) is 0 Å². The molecule has 58 heavy (non-hydrogen) atoms. The van der Waals surface area contributed by atoms with Gasteiger partial charge in [0.1, 0.15) is 24.5 Å². The minimum atomic E-state index is -0.852. The molecule has 1 amide bonds. The van der Waals surface area contributed by atoms with Crippen molar-refractivity contribution in [3.8, 4) is 34.1 Å². The summed E-state index contributed by atoms with van der Waals surface area (Å²) in [5.41, 5.74) is 8.57. The van der Waals surface area contributed by atoms with E-state index in [1.165, 1.54) is 12.4 Å². The fourth-order valence-electron chi connectivity index (χ4n) is 7.62. The molecule has 4 aromatic carbocycles. The van der Waals surface area contributed by atoms with Crippen LogP contribution in [0, 0.1) is 16.7 Å². The van der Waals surface area contributed by atoms with Crippen molar-refractivity contribution in [1.82, 2.24) is 20.5 Å². The maximum Gasteiger partial charge on any atom is 0.320 e. The number of likely N-dealkylation sites (tertiary alicyclic amines) is 1. The molecule has 0 unspecified atom stereocenters. The van der Waals surface area contributed by atoms with Gasteiger partial charge in [0.2, 0.25) is 5.91 Å². The number of aromatic nitrogens is 1. The van der Waals surface area contributed by atoms with Crippen molar-refractivity contribution in [2.24, 2.45) is 0 Å². The quantitative estimate of drug-likeness (QED) is 0.0618. The highest BCUT2D eigenvalue weighted by atomic mass is 35.5. The molecular formula is C45H43Cl2N7O4. The van der Waals surface area contributed by atoms with Gasteiger partial charge in [-0.3, -0.25) is 19.5 Å². The highest BCUT2D eigenvalue weighted by Gasteiger charge is 2.31. The number of hydrogen-bond acceptors (Lipinski definition) is 9. The molecule has 2 saturated heterocycles. The number of pyridine rings is 1. The van der Waals surface area contributed by atoms with Crippen LogP contribution in [-0.2, 0) is 35.8 Å². The van der Waals surface area contributed by atoms with Gasteiger partial charge in [0.15, 0.2) is 0 Å². The zero-order valence-electron chi connectivity index (χ0n) is 31.7. The Kier molecular flexibility index (Phi) is 13.0. The number of carbonyl (C=O) groups excluding carboxylic acids is 1. The fraction of sp³-hybridized carbons (Fsp3) is 0.267. The summed E-state index contributed by atoms with van der Waals surface area (Å²) in [6.45, 7) is 2.86. The van der Waals surface area contributed by atoms with Gasteiger partial charge in [-0.15, -0.1) is 0 Å². The van der Waals surface area contributed by atoms with Gasteiger partial charge < -0.3 is 31.2 Å². The van der Waals surface area contributed by atoms with E-state index in [1.54, 1.807) is 12.3 Å². The van der Waals surface area contributed by atoms with Crippen LogP contribution in [0.25, 0.3) is 22.3 Å². The predicted octanol–water partition coefficient (Wildman–Crippen LogP) is 8.20. The first kappa shape index (κ1) is 40.4. The third kappa shape index (κ3) is 9.50. The molecule has 0 bridgehead atoms. The third-order valence-corrected chi connectivity index (χ3v) is 11.4. The van der Waals surface area contributed by atoms with Crippen molar-refractivity contribution >= 4 is 47.0 Å². The highest BCUT2D eigenvalue weighted by Crippen LogP contribution is 2.39. The van der Waals surface area contributed by atoms with E-state index in [2.05, 4.69) is 51.3 Å². The average Bonchev–Trinajstić information content (AvgIpc) is 3.89. The van der Waals surface area contributed by atoms with E-state index < -0.39 is 12.0 Å². The SMILES string of the molecule is N#Cc1cncc(COc2cc(CNc3cccc(-c4cccc(-c5ccc(CNC[C@@H]6CCC(=O)N6)cc5)c4Cl)c3C=N)c(Cl)cc2CN2CCC[C@H]2C(=O)O)c1. The number of hydrogen-bond donors (Lipinski definition) is 5. The molecule has 296 valence electrons. The van der Waals surface area contributed by atoms with Crippen LogP contribution in [-0.4, -0.2) is 58.3 Å². The van der Waals surface area contributed by atoms with Crippen LogP contribution in [0.1, 0.15) is 59.1 Å². The van der Waals surface area contributed by atoms with Crippen LogP contribution < -0.4 is 20.7 Å². The number of amides is 1. The number of benzene rings is 4. The van der Waals surface area contributed by atoms with Gasteiger partial charge in [-0.2, -0.15) is 5.26 Å². The van der Waals surface area contributed by atoms with Crippen LogP contribution in [0.2, 0.25) is 10.0 Å². The monoisotopic (exact) mass is 815 g/mol. The summed E-state index contributed by atoms with van der Waals surface area (Å²) < 4.78 is 6.33. The highest BCUT2D eigenvalue weighted by molar-refractivity contribution is 6.36. The Labute approximate surface area is 347 Å². The second-order valence-electron chi connectivity index (χ2n) is 14.6. The van der Waals surface area contributed by atoms with Crippen LogP contribution >= 0.6 is 23.2 Å². The topological polar surface area (TPSA) is 163 Å². The molecular weight excluding hydrogens is 773 g/mol. The van der Waals surface area contributed by atoms with E-state index in [4.69, 9.17) is 33.3 Å². The number of rotatable bonds is 16. The lowest BCUT2D eigenvalue weighted by Crippen LogP contribution is -2.35. The number of carboxylic acid groups (broad SMARTS) is 1. The number of ether oxygens (including phenoxy) is 1. The minimum Gasteiger partial charge on any atom is -0.489 e. The molecule has 11 nitrogen and oxygen atoms in total. The molecule has 5 N–H and O–H groups in total. The molecule has 2 aliphatic heterocycles. The Morgan fingerprint density at radius 3 is 2.55 bits per heavy atom. The van der Waals surface area contributed by atoms with Gasteiger partial charge >= 0.3 is 5.97 Å². The fourth-order valence-corrected chi connectivity index (χ4v) is 8.21. The van der Waals surface area contributed by atoms with Crippen molar-refractivity contribution in [2.75, 3.05) is 18.4 Å². The molecule has 7 rings (SSSR count). The summed E-state index contributed by atoms with van der Waals surface area (Å²) >= 11 is 14.1. The van der Waals surface area contributed by atoms with Gasteiger partial charge in [0, 0.05) is 95.8 Å². The molecule has 5 aromatic rings. The Bertz CT molecular complexity index is 2370. The molecule has 2 aliphatic rings. The van der Waals surface area contributed by atoms with Gasteiger partial charge in [-0.1, -0.05) is 77.8 Å². The van der Waals surface area contributed by atoms with Gasteiger partial charge in [-0.25, -0.2) is 0 Å². The molecule has 0 spiro atoms. The van der Waals surface area contributed by atoms with Crippen LogP contribution in [0.5, 0.6) is 5.75 Å². The van der Waals surface area contributed by atoms with Crippen LogP contribution in [0.4, 0.5) is 5.69 Å². The second-order valence-corrected chi connectivity index (χ2v) is 15.3. The predicted molar refractivity (Wildman–Crippen MR) is 226 cm³/mol. The molecule has 0 aliphatic carbocycles. The largest absolute Gasteiger partial charge is 0.489 e. The van der Waals surface area contributed by atoms with Gasteiger partial charge in [0.05, 0.1) is 10.6 Å². The minimum absolute atomic E-state index is 0.113. The lowest BCUT2D eigenvalue weighted by molar-refractivity contribution is -0.142. The zero-order chi connectivity index (χ0) is 40.6. The van der Waals surface area contributed by atoms with Crippen molar-refractivity contribution in [3.63, 3.8) is 0 Å². The van der Waals surface area contributed by atoms with E-state index in [1.807, 2.05) is 53.4 Å². The molecule has 13 heteroatoms. The number of halogens is 2. The Hall–Kier alpha value is -5.77. The number of nitrogens with one attached hydrogen (secondary N) is 4. The maximum atomic E-state index is 12.0. The summed E-state index contributed by atoms with van der Waals surface area (Å²) in [7, 11) is 0. The van der Waals surface area contributed by atoms with Crippen molar-refractivity contribution in [3.05, 3.63) is 135 Å². The van der Waals surface area contributed by atoms with E-state index in [0.29, 0.717) is 71.6 Å². The van der Waals surface area contributed by atoms with E-state index >= 15 is 0 Å². The van der Waals surface area contributed by atoms with Crippen LogP contribution in [0.15, 0.2) is 91.3 Å². The molecule has 3 heterocycles. The molecule has 2 atom stereocenters. The smallest absolute Gasteiger partial charge is 0.320 e. The first-order valence-corrected chi connectivity index (χ1v) is 20.0. The van der Waals surface area contributed by atoms with Crippen LogP contribution in [0.3, 0.4) is 0 Å². The molecule has 0 radical (unpaired) electrons. The number of nitrogens with zero attached hydrogens (tertiary/aromatic N) is 3. The van der Waals surface area contributed by atoms with E-state index in [9.17, 15) is 20.0 Å². The average molecular weight is 817 g/mol. The summed E-state index contributed by atoms with van der Waals surface area (Å²) in [6, 6.07) is 27.0. The molecule has 2 fully saturated rings. The summed E-state index contributed by atoms with van der Waals surface area (Å²) in [5.74, 6) is -0.190. The maximum absolute atomic E-state index is 12.0. The normalized spacial score (nSPS) is 16.5. The number of carbonyl (C=O) groups is 2. The molecule has 0 saturated carbocycles. The lowest BCUT2D eigenvalue weighted by Gasteiger charge is -2.23. The Morgan fingerprint density at radius 1 is 1.00 bits per heavy atom. The first-order chi connectivity index (χ1) is 28.2. The summed E-state index contributed by atoms with van der Waals surface area (Å²) in [4.78, 5) is 29.5. The summed E-state index contributed by atoms with van der Waals surface area (Å²) in [5, 5.41) is 38.6. The first-order valence-electron chi connectivity index (χ1n) is 19.2. The second kappa shape index (κ2) is 18.7. The lowest BCUT2D eigenvalue weighted by atomic mass is 9.94. The Balaban J connectivity index is 1.10. The molecule has 1 aromatic heterocycles. The van der Waals surface area contributed by atoms with E-state index in [0.717, 1.165) is 63.9 Å². The van der Waals surface area contributed by atoms with Gasteiger partial charge in [-0.05, 0) is 72.3 Å². The van der Waals surface area contributed by atoms with Crippen molar-refractivity contribution < 1.29 is 19.4 Å². The number of aliphatic carboxylic acids is 1. The standard InChI is InChI=1S/C45H43Cl2N7O4/c46-39-17-33(26-54-15-3-8-41(54)45(56)57)42(58-27-30-16-29(19-48)22-50-23-30)18-32(39)24-52-40-7-2-5-36(38(40)20-49)37-6-1-4-35(44(37)47)31-11-9-28(10-12-31)21-51-25-34-13-14-43(55)53-34/h1-2,4-7,9-12,16-18,20,22-23,34,41,49,51-52H,3,8,13-15,21,24-27H2,(H,53,55)(H,56,57)/t34-,41-/m0/s1. The number of anilines is 1.